The van der Waals surface area contributed by atoms with E-state index in [0.717, 1.165) is 6.54 Å². The minimum absolute atomic E-state index is 0.0190. The predicted molar refractivity (Wildman–Crippen MR) is 105 cm³/mol. The smallest absolute Gasteiger partial charge is 0.337 e. The molecular formula is C21H27N3O3. The van der Waals surface area contributed by atoms with Crippen molar-refractivity contribution >= 4 is 17.6 Å². The fourth-order valence-electron chi connectivity index (χ4n) is 3.97. The van der Waals surface area contributed by atoms with Gasteiger partial charge in [0.1, 0.15) is 0 Å². The molecule has 0 saturated carbocycles. The van der Waals surface area contributed by atoms with Gasteiger partial charge < -0.3 is 19.5 Å². The van der Waals surface area contributed by atoms with E-state index < -0.39 is 5.97 Å². The molecule has 1 N–H and O–H groups in total. The first-order chi connectivity index (χ1) is 12.8. The number of rotatable bonds is 4. The fourth-order valence-corrected chi connectivity index (χ4v) is 3.97. The maximum atomic E-state index is 12.8. The highest BCUT2D eigenvalue weighted by Crippen LogP contribution is 2.23. The van der Waals surface area contributed by atoms with Crippen molar-refractivity contribution in [3.8, 4) is 0 Å². The molecule has 1 amide bonds. The number of amides is 1. The van der Waals surface area contributed by atoms with E-state index >= 15 is 0 Å². The van der Waals surface area contributed by atoms with Crippen LogP contribution in [0.1, 0.15) is 34.1 Å². The van der Waals surface area contributed by atoms with Crippen molar-refractivity contribution < 1.29 is 14.7 Å². The van der Waals surface area contributed by atoms with Gasteiger partial charge in [-0.15, -0.1) is 0 Å². The maximum Gasteiger partial charge on any atom is 0.337 e. The number of aryl methyl sites for hydroxylation is 3. The number of hydrogen-bond donors (Lipinski definition) is 1. The van der Waals surface area contributed by atoms with Crippen molar-refractivity contribution in [1.82, 2.24) is 9.47 Å². The zero-order valence-corrected chi connectivity index (χ0v) is 16.4. The lowest BCUT2D eigenvalue weighted by Crippen LogP contribution is -2.54. The quantitative estimate of drug-likeness (QED) is 0.900. The van der Waals surface area contributed by atoms with Crippen LogP contribution in [0.25, 0.3) is 0 Å². The summed E-state index contributed by atoms with van der Waals surface area (Å²) in [5, 5.41) is 9.46. The van der Waals surface area contributed by atoms with Gasteiger partial charge in [0, 0.05) is 50.3 Å². The molecule has 1 fully saturated rings. The highest BCUT2D eigenvalue weighted by Gasteiger charge is 2.28. The first kappa shape index (κ1) is 19.0. The Kier molecular flexibility index (Phi) is 5.26. The number of hydrogen-bond acceptors (Lipinski definition) is 3. The number of aromatic nitrogens is 1. The highest BCUT2D eigenvalue weighted by atomic mass is 16.4. The monoisotopic (exact) mass is 369 g/mol. The zero-order chi connectivity index (χ0) is 19.7. The van der Waals surface area contributed by atoms with Crippen molar-refractivity contribution in [2.45, 2.75) is 33.2 Å². The molecule has 1 aliphatic rings. The molecule has 3 rings (SSSR count). The minimum Gasteiger partial charge on any atom is -0.478 e. The van der Waals surface area contributed by atoms with Crippen LogP contribution in [0, 0.1) is 13.8 Å². The first-order valence-electron chi connectivity index (χ1n) is 9.27. The third-order valence-corrected chi connectivity index (χ3v) is 5.34. The first-order valence-corrected chi connectivity index (χ1v) is 9.27. The van der Waals surface area contributed by atoms with Crippen LogP contribution in [-0.2, 0) is 18.3 Å². The van der Waals surface area contributed by atoms with E-state index in [4.69, 9.17) is 0 Å². The van der Waals surface area contributed by atoms with Crippen molar-refractivity contribution in [3.05, 3.63) is 52.8 Å². The largest absolute Gasteiger partial charge is 0.478 e. The normalized spacial score (nSPS) is 17.3. The van der Waals surface area contributed by atoms with E-state index in [1.807, 2.05) is 4.90 Å². The van der Waals surface area contributed by atoms with Crippen molar-refractivity contribution in [2.24, 2.45) is 7.05 Å². The maximum absolute atomic E-state index is 12.8. The van der Waals surface area contributed by atoms with Crippen LogP contribution in [0.4, 0.5) is 5.69 Å². The SMILES string of the molecule is Cc1cccc(N2CCN(C(=O)Cc3c(C(=O)O)c(C)cn3C)CC2C)c1. The molecule has 1 atom stereocenters. The van der Waals surface area contributed by atoms with E-state index in [1.54, 1.807) is 24.7 Å². The van der Waals surface area contributed by atoms with Crippen molar-refractivity contribution in [3.63, 3.8) is 0 Å². The molecular weight excluding hydrogens is 342 g/mol. The molecule has 1 aromatic carbocycles. The van der Waals surface area contributed by atoms with Gasteiger partial charge in [-0.2, -0.15) is 0 Å². The third-order valence-electron chi connectivity index (χ3n) is 5.34. The van der Waals surface area contributed by atoms with Gasteiger partial charge in [0.05, 0.1) is 12.0 Å². The average molecular weight is 369 g/mol. The highest BCUT2D eigenvalue weighted by molar-refractivity contribution is 5.93. The summed E-state index contributed by atoms with van der Waals surface area (Å²) in [6.07, 6.45) is 1.88. The Morgan fingerprint density at radius 2 is 1.96 bits per heavy atom. The number of carbonyl (C=O) groups excluding carboxylic acids is 1. The number of aromatic carboxylic acids is 1. The number of anilines is 1. The van der Waals surface area contributed by atoms with Crippen LogP contribution in [0.3, 0.4) is 0 Å². The molecule has 1 aliphatic heterocycles. The summed E-state index contributed by atoms with van der Waals surface area (Å²) in [6, 6.07) is 8.61. The Hall–Kier alpha value is -2.76. The molecule has 144 valence electrons. The van der Waals surface area contributed by atoms with E-state index in [1.165, 1.54) is 11.3 Å². The van der Waals surface area contributed by atoms with Crippen LogP contribution in [0.15, 0.2) is 30.5 Å². The second kappa shape index (κ2) is 7.47. The number of carboxylic acid groups (broad SMARTS) is 1. The molecule has 0 aliphatic carbocycles. The topological polar surface area (TPSA) is 65.8 Å². The number of piperazine rings is 1. The van der Waals surface area contributed by atoms with Crippen LogP contribution >= 0.6 is 0 Å². The Morgan fingerprint density at radius 1 is 1.22 bits per heavy atom. The van der Waals surface area contributed by atoms with Gasteiger partial charge in [0.25, 0.3) is 0 Å². The molecule has 1 unspecified atom stereocenters. The standard InChI is InChI=1S/C21H27N3O3/c1-14-6-5-7-17(10-14)24-9-8-23(13-16(24)3)19(25)11-18-20(21(26)27)15(2)12-22(18)4/h5-7,10,12,16H,8-9,11,13H2,1-4H3,(H,26,27). The Balaban J connectivity index is 1.71. The summed E-state index contributed by atoms with van der Waals surface area (Å²) in [5.41, 5.74) is 3.90. The van der Waals surface area contributed by atoms with Crippen LogP contribution in [0.2, 0.25) is 0 Å². The Labute approximate surface area is 160 Å². The minimum atomic E-state index is -0.978. The van der Waals surface area contributed by atoms with E-state index in [2.05, 4.69) is 43.0 Å². The van der Waals surface area contributed by atoms with E-state index in [9.17, 15) is 14.7 Å². The molecule has 1 aromatic heterocycles. The molecule has 2 aromatic rings. The van der Waals surface area contributed by atoms with Crippen molar-refractivity contribution in [2.75, 3.05) is 24.5 Å². The summed E-state index contributed by atoms with van der Waals surface area (Å²) < 4.78 is 1.75. The number of carbonyl (C=O) groups is 2. The lowest BCUT2D eigenvalue weighted by Gasteiger charge is -2.41. The Morgan fingerprint density at radius 3 is 2.59 bits per heavy atom. The second-order valence-electron chi connectivity index (χ2n) is 7.45. The average Bonchev–Trinajstić information content (AvgIpc) is 2.88. The van der Waals surface area contributed by atoms with Crippen LogP contribution < -0.4 is 4.90 Å². The lowest BCUT2D eigenvalue weighted by atomic mass is 10.1. The molecule has 27 heavy (non-hydrogen) atoms. The van der Waals surface area contributed by atoms with Gasteiger partial charge in [-0.1, -0.05) is 12.1 Å². The summed E-state index contributed by atoms with van der Waals surface area (Å²) in [6.45, 7) is 8.02. The zero-order valence-electron chi connectivity index (χ0n) is 16.4. The van der Waals surface area contributed by atoms with E-state index in [0.29, 0.717) is 24.3 Å². The second-order valence-corrected chi connectivity index (χ2v) is 7.45. The van der Waals surface area contributed by atoms with Gasteiger partial charge in [0.15, 0.2) is 0 Å². The molecule has 1 saturated heterocycles. The Bertz CT molecular complexity index is 872. The molecule has 6 heteroatoms. The number of nitrogens with zero attached hydrogens (tertiary/aromatic N) is 3. The fraction of sp³-hybridized carbons (Fsp3) is 0.429. The van der Waals surface area contributed by atoms with Gasteiger partial charge >= 0.3 is 5.97 Å². The van der Waals surface area contributed by atoms with Crippen LogP contribution in [0.5, 0.6) is 0 Å². The molecule has 0 spiro atoms. The molecule has 0 radical (unpaired) electrons. The summed E-state index contributed by atoms with van der Waals surface area (Å²) in [4.78, 5) is 28.6. The van der Waals surface area contributed by atoms with Gasteiger partial charge in [-0.25, -0.2) is 4.79 Å². The summed E-state index contributed by atoms with van der Waals surface area (Å²) in [5.74, 6) is -0.997. The predicted octanol–water partition coefficient (Wildman–Crippen LogP) is 2.62. The van der Waals surface area contributed by atoms with Gasteiger partial charge in [-0.3, -0.25) is 4.79 Å². The van der Waals surface area contributed by atoms with Gasteiger partial charge in [-0.05, 0) is 44.0 Å². The number of benzene rings is 1. The summed E-state index contributed by atoms with van der Waals surface area (Å²) >= 11 is 0. The molecule has 0 bridgehead atoms. The lowest BCUT2D eigenvalue weighted by molar-refractivity contribution is -0.131. The number of carboxylic acids is 1. The van der Waals surface area contributed by atoms with Crippen LogP contribution in [-0.4, -0.2) is 52.1 Å². The van der Waals surface area contributed by atoms with E-state index in [-0.39, 0.29) is 23.9 Å². The summed E-state index contributed by atoms with van der Waals surface area (Å²) in [7, 11) is 1.79. The van der Waals surface area contributed by atoms with Gasteiger partial charge in [0.2, 0.25) is 5.91 Å². The van der Waals surface area contributed by atoms with Crippen molar-refractivity contribution in [1.29, 1.82) is 0 Å². The molecule has 6 nitrogen and oxygen atoms in total. The molecule has 2 heterocycles. The third kappa shape index (κ3) is 3.84.